The van der Waals surface area contributed by atoms with Crippen LogP contribution in [-0.4, -0.2) is 9.97 Å². The Labute approximate surface area is 104 Å². The quantitative estimate of drug-likeness (QED) is 0.744. The maximum Gasteiger partial charge on any atom is 0.145 e. The maximum absolute atomic E-state index is 5.79. The maximum atomic E-state index is 5.79. The van der Waals surface area contributed by atoms with Gasteiger partial charge in [0.05, 0.1) is 11.7 Å². The van der Waals surface area contributed by atoms with Crippen LogP contribution >= 0.6 is 0 Å². The van der Waals surface area contributed by atoms with E-state index >= 15 is 0 Å². The molecular weight excluding hydrogens is 226 g/mol. The Hall–Kier alpha value is -2.62. The molecule has 0 saturated heterocycles. The van der Waals surface area contributed by atoms with Crippen LogP contribution in [0.1, 0.15) is 0 Å². The Kier molecular flexibility index (Phi) is 2.53. The van der Waals surface area contributed by atoms with Crippen LogP contribution in [0.5, 0.6) is 11.5 Å². The molecule has 2 N–H and O–H groups in total. The van der Waals surface area contributed by atoms with Crippen molar-refractivity contribution in [3.05, 3.63) is 54.9 Å². The van der Waals surface area contributed by atoms with Crippen LogP contribution < -0.4 is 10.5 Å². The van der Waals surface area contributed by atoms with Gasteiger partial charge in [0.25, 0.3) is 0 Å². The van der Waals surface area contributed by atoms with E-state index in [0.29, 0.717) is 11.6 Å². The molecule has 1 aromatic carbocycles. The summed E-state index contributed by atoms with van der Waals surface area (Å²) in [6.45, 7) is 0. The first kappa shape index (κ1) is 10.5. The van der Waals surface area contributed by atoms with Gasteiger partial charge in [-0.25, -0.2) is 4.98 Å². The molecule has 4 heteroatoms. The third kappa shape index (κ3) is 1.96. The molecule has 0 bridgehead atoms. The number of fused-ring (bicyclic) bond motifs is 1. The third-order valence-corrected chi connectivity index (χ3v) is 2.60. The van der Waals surface area contributed by atoms with Crippen LogP contribution in [0.4, 0.5) is 5.82 Å². The lowest BCUT2D eigenvalue weighted by Gasteiger charge is -2.08. The fourth-order valence-electron chi connectivity index (χ4n) is 1.74. The second-order valence-corrected chi connectivity index (χ2v) is 3.85. The summed E-state index contributed by atoms with van der Waals surface area (Å²) in [6.07, 6.45) is 3.33. The first-order chi connectivity index (χ1) is 8.83. The number of ether oxygens (including phenoxy) is 1. The van der Waals surface area contributed by atoms with Crippen molar-refractivity contribution in [3.8, 4) is 11.5 Å². The van der Waals surface area contributed by atoms with Gasteiger partial charge in [-0.05, 0) is 30.3 Å². The first-order valence-corrected chi connectivity index (χ1v) is 5.56. The molecule has 0 spiro atoms. The van der Waals surface area contributed by atoms with Crippen molar-refractivity contribution in [2.75, 3.05) is 5.73 Å². The molecule has 0 atom stereocenters. The minimum atomic E-state index is 0.474. The zero-order valence-electron chi connectivity index (χ0n) is 9.58. The summed E-state index contributed by atoms with van der Waals surface area (Å²) in [5.41, 5.74) is 6.44. The highest BCUT2D eigenvalue weighted by molar-refractivity contribution is 5.84. The molecule has 0 saturated carbocycles. The van der Waals surface area contributed by atoms with E-state index < -0.39 is 0 Å². The lowest BCUT2D eigenvalue weighted by molar-refractivity contribution is 0.485. The molecular formula is C14H11N3O. The summed E-state index contributed by atoms with van der Waals surface area (Å²) >= 11 is 0. The van der Waals surface area contributed by atoms with Crippen LogP contribution in [0.25, 0.3) is 10.9 Å². The number of hydrogen-bond acceptors (Lipinski definition) is 4. The summed E-state index contributed by atoms with van der Waals surface area (Å²) in [5, 5.41) is 0.969. The minimum Gasteiger partial charge on any atom is -0.455 e. The van der Waals surface area contributed by atoms with Crippen LogP contribution in [0.3, 0.4) is 0 Å². The molecule has 4 nitrogen and oxygen atoms in total. The summed E-state index contributed by atoms with van der Waals surface area (Å²) in [6, 6.07) is 13.2. The fraction of sp³-hybridized carbons (Fsp3) is 0. The number of rotatable bonds is 2. The zero-order chi connectivity index (χ0) is 12.4. The molecule has 0 aliphatic carbocycles. The van der Waals surface area contributed by atoms with E-state index in [1.54, 1.807) is 24.5 Å². The normalized spacial score (nSPS) is 10.4. The Morgan fingerprint density at radius 2 is 1.83 bits per heavy atom. The molecule has 3 rings (SSSR count). The van der Waals surface area contributed by atoms with E-state index in [2.05, 4.69) is 9.97 Å². The van der Waals surface area contributed by atoms with Gasteiger partial charge in [-0.1, -0.05) is 12.1 Å². The van der Waals surface area contributed by atoms with Crippen molar-refractivity contribution in [2.45, 2.75) is 0 Å². The van der Waals surface area contributed by atoms with Crippen molar-refractivity contribution >= 4 is 16.7 Å². The molecule has 2 heterocycles. The number of anilines is 1. The lowest BCUT2D eigenvalue weighted by Crippen LogP contribution is -1.91. The molecule has 0 fully saturated rings. The largest absolute Gasteiger partial charge is 0.455 e. The van der Waals surface area contributed by atoms with Crippen molar-refractivity contribution in [1.82, 2.24) is 9.97 Å². The lowest BCUT2D eigenvalue weighted by atomic mass is 10.2. The van der Waals surface area contributed by atoms with Gasteiger partial charge < -0.3 is 10.5 Å². The minimum absolute atomic E-state index is 0.474. The number of hydrogen-bond donors (Lipinski definition) is 1. The van der Waals surface area contributed by atoms with Gasteiger partial charge in [0.1, 0.15) is 17.3 Å². The van der Waals surface area contributed by atoms with Gasteiger partial charge in [0, 0.05) is 11.6 Å². The number of nitrogens with two attached hydrogens (primary N) is 1. The first-order valence-electron chi connectivity index (χ1n) is 5.56. The highest BCUT2D eigenvalue weighted by Crippen LogP contribution is 2.28. The summed E-state index contributed by atoms with van der Waals surface area (Å²) in [7, 11) is 0. The van der Waals surface area contributed by atoms with Crippen LogP contribution in [0.15, 0.2) is 54.9 Å². The number of para-hydroxylation sites is 1. The molecule has 18 heavy (non-hydrogen) atoms. The summed E-state index contributed by atoms with van der Waals surface area (Å²) in [5.74, 6) is 1.88. The van der Waals surface area contributed by atoms with E-state index in [1.807, 2.05) is 30.3 Å². The molecule has 0 unspecified atom stereocenters. The zero-order valence-corrected chi connectivity index (χ0v) is 9.58. The van der Waals surface area contributed by atoms with Gasteiger partial charge in [0.15, 0.2) is 0 Å². The van der Waals surface area contributed by atoms with Crippen LogP contribution in [0, 0.1) is 0 Å². The second-order valence-electron chi connectivity index (χ2n) is 3.85. The third-order valence-electron chi connectivity index (χ3n) is 2.60. The van der Waals surface area contributed by atoms with Gasteiger partial charge in [-0.3, -0.25) is 4.98 Å². The topological polar surface area (TPSA) is 61.0 Å². The Balaban J connectivity index is 2.02. The number of pyridine rings is 2. The summed E-state index contributed by atoms with van der Waals surface area (Å²) < 4.78 is 5.79. The second kappa shape index (κ2) is 4.33. The highest BCUT2D eigenvalue weighted by atomic mass is 16.5. The molecule has 88 valence electrons. The van der Waals surface area contributed by atoms with Gasteiger partial charge in [-0.15, -0.1) is 0 Å². The Bertz CT molecular complexity index is 675. The smallest absolute Gasteiger partial charge is 0.145 e. The predicted molar refractivity (Wildman–Crippen MR) is 70.5 cm³/mol. The average Bonchev–Trinajstić information content (AvgIpc) is 2.42. The molecule has 0 radical (unpaired) electrons. The van der Waals surface area contributed by atoms with Gasteiger partial charge >= 0.3 is 0 Å². The monoisotopic (exact) mass is 237 g/mol. The van der Waals surface area contributed by atoms with E-state index in [4.69, 9.17) is 10.5 Å². The predicted octanol–water partition coefficient (Wildman–Crippen LogP) is 3.00. The van der Waals surface area contributed by atoms with Crippen LogP contribution in [0.2, 0.25) is 0 Å². The molecule has 2 aromatic heterocycles. The Morgan fingerprint density at radius 1 is 0.944 bits per heavy atom. The van der Waals surface area contributed by atoms with E-state index in [-0.39, 0.29) is 0 Å². The van der Waals surface area contributed by atoms with E-state index in [9.17, 15) is 0 Å². The van der Waals surface area contributed by atoms with E-state index in [0.717, 1.165) is 16.7 Å². The van der Waals surface area contributed by atoms with Gasteiger partial charge in [0.2, 0.25) is 0 Å². The number of nitrogens with zero attached hydrogens (tertiary/aromatic N) is 2. The molecule has 0 aliphatic rings. The molecule has 0 aliphatic heterocycles. The average molecular weight is 237 g/mol. The highest BCUT2D eigenvalue weighted by Gasteiger charge is 2.03. The van der Waals surface area contributed by atoms with Crippen molar-refractivity contribution in [1.29, 1.82) is 0 Å². The number of benzene rings is 1. The van der Waals surface area contributed by atoms with Crippen molar-refractivity contribution in [3.63, 3.8) is 0 Å². The standard InChI is InChI=1S/C14H11N3O/c15-14-6-5-10(9-17-14)18-13-7-8-16-12-4-2-1-3-11(12)13/h1-9H,(H2,15,17). The fourth-order valence-corrected chi connectivity index (χ4v) is 1.74. The van der Waals surface area contributed by atoms with Crippen molar-refractivity contribution in [2.24, 2.45) is 0 Å². The van der Waals surface area contributed by atoms with Crippen molar-refractivity contribution < 1.29 is 4.74 Å². The van der Waals surface area contributed by atoms with Gasteiger partial charge in [-0.2, -0.15) is 0 Å². The van der Waals surface area contributed by atoms with E-state index in [1.165, 1.54) is 0 Å². The Morgan fingerprint density at radius 3 is 2.67 bits per heavy atom. The molecule has 0 amide bonds. The number of aromatic nitrogens is 2. The summed E-state index contributed by atoms with van der Waals surface area (Å²) in [4.78, 5) is 8.27. The molecule has 3 aromatic rings. The SMILES string of the molecule is Nc1ccc(Oc2ccnc3ccccc23)cn1. The van der Waals surface area contributed by atoms with Crippen LogP contribution in [-0.2, 0) is 0 Å². The number of nitrogen functional groups attached to an aromatic ring is 1.